The number of benzene rings is 1. The number of hydrogen-bond acceptors (Lipinski definition) is 3. The van der Waals surface area contributed by atoms with Crippen molar-refractivity contribution in [3.8, 4) is 0 Å². The van der Waals surface area contributed by atoms with Gasteiger partial charge in [0, 0.05) is 6.07 Å². The van der Waals surface area contributed by atoms with Crippen molar-refractivity contribution in [3.05, 3.63) is 47.5 Å². The van der Waals surface area contributed by atoms with E-state index in [4.69, 9.17) is 9.52 Å². The molecular weight excluding hydrogens is 225 g/mol. The maximum absolute atomic E-state index is 13.5. The molecule has 0 aliphatic heterocycles. The van der Waals surface area contributed by atoms with E-state index in [1.165, 1.54) is 18.2 Å². The van der Waals surface area contributed by atoms with E-state index in [1.54, 1.807) is 19.1 Å². The highest BCUT2D eigenvalue weighted by Gasteiger charge is 2.11. The minimum absolute atomic E-state index is 0.190. The van der Waals surface area contributed by atoms with Crippen molar-refractivity contribution in [1.29, 1.82) is 0 Å². The van der Waals surface area contributed by atoms with Crippen LogP contribution in [0.4, 0.5) is 16.0 Å². The average molecular weight is 235 g/mol. The highest BCUT2D eigenvalue weighted by molar-refractivity contribution is 5.85. The molecule has 2 aromatic rings. The lowest BCUT2D eigenvalue weighted by atomic mass is 10.2. The molecule has 4 nitrogen and oxygen atoms in total. The predicted octanol–water partition coefficient (Wildman–Crippen LogP) is 3.17. The van der Waals surface area contributed by atoms with Crippen molar-refractivity contribution in [2.45, 2.75) is 6.92 Å². The Labute approximate surface area is 96.7 Å². The van der Waals surface area contributed by atoms with Crippen LogP contribution in [-0.2, 0) is 0 Å². The first-order chi connectivity index (χ1) is 8.08. The number of para-hydroxylation sites is 1. The Morgan fingerprint density at radius 2 is 2.12 bits per heavy atom. The first-order valence-corrected chi connectivity index (χ1v) is 4.93. The molecule has 0 atom stereocenters. The van der Waals surface area contributed by atoms with Crippen molar-refractivity contribution >= 4 is 17.5 Å². The number of carboxylic acid groups (broad SMARTS) is 1. The summed E-state index contributed by atoms with van der Waals surface area (Å²) in [6.07, 6.45) is 0. The molecule has 2 N–H and O–H groups in total. The van der Waals surface area contributed by atoms with Gasteiger partial charge in [-0.15, -0.1) is 0 Å². The zero-order valence-electron chi connectivity index (χ0n) is 9.03. The average Bonchev–Trinajstić information content (AvgIpc) is 2.72. The summed E-state index contributed by atoms with van der Waals surface area (Å²) in [6, 6.07) is 7.40. The monoisotopic (exact) mass is 235 g/mol. The van der Waals surface area contributed by atoms with Gasteiger partial charge in [0.1, 0.15) is 5.82 Å². The summed E-state index contributed by atoms with van der Waals surface area (Å²) in [5.41, 5.74) is 0.983. The molecule has 1 aromatic carbocycles. The number of hydrogen-bond donors (Lipinski definition) is 2. The zero-order valence-corrected chi connectivity index (χ0v) is 9.03. The van der Waals surface area contributed by atoms with Crippen molar-refractivity contribution in [2.24, 2.45) is 0 Å². The molecule has 2 rings (SSSR count). The Balaban J connectivity index is 2.28. The third-order valence-electron chi connectivity index (χ3n) is 2.29. The molecule has 0 aliphatic rings. The Bertz CT molecular complexity index is 542. The second-order valence-electron chi connectivity index (χ2n) is 3.53. The number of furan rings is 1. The minimum atomic E-state index is -1.16. The van der Waals surface area contributed by atoms with E-state index in [1.807, 2.05) is 0 Å². The minimum Gasteiger partial charge on any atom is -0.475 e. The molecule has 0 radical (unpaired) electrons. The number of anilines is 2. The second-order valence-corrected chi connectivity index (χ2v) is 3.53. The summed E-state index contributed by atoms with van der Waals surface area (Å²) in [5.74, 6) is -1.58. The highest BCUT2D eigenvalue weighted by atomic mass is 19.1. The van der Waals surface area contributed by atoms with Gasteiger partial charge in [0.2, 0.25) is 5.76 Å². The van der Waals surface area contributed by atoms with Crippen LogP contribution in [0, 0.1) is 12.7 Å². The van der Waals surface area contributed by atoms with E-state index >= 15 is 0 Å². The maximum Gasteiger partial charge on any atom is 0.371 e. The molecule has 0 spiro atoms. The first-order valence-electron chi connectivity index (χ1n) is 4.93. The van der Waals surface area contributed by atoms with Crippen LogP contribution in [-0.4, -0.2) is 11.1 Å². The second kappa shape index (κ2) is 4.29. The molecule has 0 fully saturated rings. The maximum atomic E-state index is 13.5. The molecule has 0 saturated carbocycles. The molecule has 88 valence electrons. The Hall–Kier alpha value is -2.30. The van der Waals surface area contributed by atoms with Crippen LogP contribution in [0.3, 0.4) is 0 Å². The topological polar surface area (TPSA) is 62.5 Å². The smallest absolute Gasteiger partial charge is 0.371 e. The van der Waals surface area contributed by atoms with Crippen LogP contribution >= 0.6 is 0 Å². The van der Waals surface area contributed by atoms with Gasteiger partial charge in [0.15, 0.2) is 5.88 Å². The molecular formula is C12H10FNO3. The molecule has 0 amide bonds. The third-order valence-corrected chi connectivity index (χ3v) is 2.29. The number of rotatable bonds is 3. The van der Waals surface area contributed by atoms with E-state index < -0.39 is 11.8 Å². The van der Waals surface area contributed by atoms with Crippen molar-refractivity contribution < 1.29 is 18.7 Å². The Kier molecular flexibility index (Phi) is 2.82. The van der Waals surface area contributed by atoms with E-state index in [9.17, 15) is 9.18 Å². The molecule has 1 heterocycles. The number of halogens is 1. The molecule has 0 aliphatic carbocycles. The Morgan fingerprint density at radius 1 is 1.35 bits per heavy atom. The molecule has 17 heavy (non-hydrogen) atoms. The van der Waals surface area contributed by atoms with Crippen LogP contribution in [0.15, 0.2) is 34.7 Å². The number of aryl methyl sites for hydroxylation is 1. The highest BCUT2D eigenvalue weighted by Crippen LogP contribution is 2.24. The molecule has 1 aromatic heterocycles. The number of nitrogens with one attached hydrogen (secondary N) is 1. The fourth-order valence-corrected chi connectivity index (χ4v) is 1.43. The lowest BCUT2D eigenvalue weighted by Crippen LogP contribution is -1.96. The predicted molar refractivity (Wildman–Crippen MR) is 60.1 cm³/mol. The standard InChI is InChI=1S/C12H10FNO3/c1-7-3-2-4-8(13)11(7)14-10-6-5-9(17-10)12(15)16/h2-6,14H,1H3,(H,15,16). The summed E-state index contributed by atoms with van der Waals surface area (Å²) in [4.78, 5) is 10.6. The van der Waals surface area contributed by atoms with Crippen LogP contribution in [0.1, 0.15) is 16.1 Å². The van der Waals surface area contributed by atoms with Gasteiger partial charge in [-0.1, -0.05) is 12.1 Å². The lowest BCUT2D eigenvalue weighted by Gasteiger charge is -2.07. The summed E-state index contributed by atoms with van der Waals surface area (Å²) >= 11 is 0. The lowest BCUT2D eigenvalue weighted by molar-refractivity contribution is 0.0663. The summed E-state index contributed by atoms with van der Waals surface area (Å²) in [6.45, 7) is 1.74. The number of carboxylic acids is 1. The van der Waals surface area contributed by atoms with Gasteiger partial charge in [-0.05, 0) is 24.6 Å². The van der Waals surface area contributed by atoms with E-state index in [-0.39, 0.29) is 17.3 Å². The molecule has 0 unspecified atom stereocenters. The zero-order chi connectivity index (χ0) is 12.4. The molecule has 0 bridgehead atoms. The largest absolute Gasteiger partial charge is 0.475 e. The fourth-order valence-electron chi connectivity index (χ4n) is 1.43. The van der Waals surface area contributed by atoms with Crippen molar-refractivity contribution in [1.82, 2.24) is 0 Å². The van der Waals surface area contributed by atoms with Crippen LogP contribution < -0.4 is 5.32 Å². The van der Waals surface area contributed by atoms with Gasteiger partial charge in [-0.3, -0.25) is 0 Å². The summed E-state index contributed by atoms with van der Waals surface area (Å²) in [5, 5.41) is 11.4. The van der Waals surface area contributed by atoms with Gasteiger partial charge >= 0.3 is 5.97 Å². The van der Waals surface area contributed by atoms with Crippen molar-refractivity contribution in [3.63, 3.8) is 0 Å². The van der Waals surface area contributed by atoms with Gasteiger partial charge in [0.05, 0.1) is 5.69 Å². The normalized spacial score (nSPS) is 10.2. The van der Waals surface area contributed by atoms with Crippen LogP contribution in [0.2, 0.25) is 0 Å². The van der Waals surface area contributed by atoms with Crippen molar-refractivity contribution in [2.75, 3.05) is 5.32 Å². The fraction of sp³-hybridized carbons (Fsp3) is 0.0833. The van der Waals surface area contributed by atoms with Crippen LogP contribution in [0.5, 0.6) is 0 Å². The summed E-state index contributed by atoms with van der Waals surface area (Å²) < 4.78 is 18.5. The van der Waals surface area contributed by atoms with Crippen LogP contribution in [0.25, 0.3) is 0 Å². The first kappa shape index (κ1) is 11.2. The molecule has 0 saturated heterocycles. The van der Waals surface area contributed by atoms with Gasteiger partial charge in [-0.25, -0.2) is 9.18 Å². The van der Waals surface area contributed by atoms with Gasteiger partial charge in [0.25, 0.3) is 0 Å². The van der Waals surface area contributed by atoms with E-state index in [0.29, 0.717) is 5.56 Å². The number of aromatic carboxylic acids is 1. The molecule has 5 heteroatoms. The van der Waals surface area contributed by atoms with Gasteiger partial charge < -0.3 is 14.8 Å². The van der Waals surface area contributed by atoms with E-state index in [0.717, 1.165) is 0 Å². The number of carbonyl (C=O) groups is 1. The SMILES string of the molecule is Cc1cccc(F)c1Nc1ccc(C(=O)O)o1. The van der Waals surface area contributed by atoms with E-state index in [2.05, 4.69) is 5.32 Å². The third kappa shape index (κ3) is 2.28. The summed E-state index contributed by atoms with van der Waals surface area (Å²) in [7, 11) is 0. The quantitative estimate of drug-likeness (QED) is 0.857. The van der Waals surface area contributed by atoms with Gasteiger partial charge in [-0.2, -0.15) is 0 Å². The Morgan fingerprint density at radius 3 is 2.71 bits per heavy atom.